The van der Waals surface area contributed by atoms with Crippen LogP contribution >= 0.6 is 11.3 Å². The van der Waals surface area contributed by atoms with Gasteiger partial charge in [0.1, 0.15) is 17.9 Å². The number of aromatic nitrogens is 3. The van der Waals surface area contributed by atoms with Gasteiger partial charge in [-0.25, -0.2) is 4.68 Å². The Morgan fingerprint density at radius 1 is 1.27 bits per heavy atom. The predicted molar refractivity (Wildman–Crippen MR) is 105 cm³/mol. The van der Waals surface area contributed by atoms with Crippen LogP contribution < -0.4 is 10.9 Å². The lowest BCUT2D eigenvalue weighted by Gasteiger charge is -2.18. The molecule has 0 fully saturated rings. The van der Waals surface area contributed by atoms with Crippen molar-refractivity contribution in [3.05, 3.63) is 33.7 Å². The van der Waals surface area contributed by atoms with Gasteiger partial charge in [-0.3, -0.25) is 14.0 Å². The summed E-state index contributed by atoms with van der Waals surface area (Å²) in [5.74, 6) is 0.593. The molecule has 3 heterocycles. The molecule has 7 nitrogen and oxygen atoms in total. The molecule has 0 aromatic carbocycles. The summed E-state index contributed by atoms with van der Waals surface area (Å²) in [6.45, 7) is 9.41. The van der Waals surface area contributed by atoms with Crippen LogP contribution in [0.1, 0.15) is 26.6 Å². The van der Waals surface area contributed by atoms with Gasteiger partial charge in [-0.05, 0) is 30.6 Å². The second kappa shape index (κ2) is 8.01. The van der Waals surface area contributed by atoms with Crippen molar-refractivity contribution < 1.29 is 4.79 Å². The highest BCUT2D eigenvalue weighted by Crippen LogP contribution is 2.24. The average molecular weight is 375 g/mol. The summed E-state index contributed by atoms with van der Waals surface area (Å²) >= 11 is 1.60. The van der Waals surface area contributed by atoms with Crippen molar-refractivity contribution >= 4 is 33.0 Å². The van der Waals surface area contributed by atoms with Crippen LogP contribution in [0.2, 0.25) is 0 Å². The highest BCUT2D eigenvalue weighted by atomic mass is 32.1. The highest BCUT2D eigenvalue weighted by Gasteiger charge is 2.15. The van der Waals surface area contributed by atoms with Gasteiger partial charge in [0.05, 0.1) is 10.2 Å². The van der Waals surface area contributed by atoms with E-state index in [1.54, 1.807) is 11.3 Å². The minimum absolute atomic E-state index is 0.0561. The molecule has 3 rings (SSSR count). The van der Waals surface area contributed by atoms with Gasteiger partial charge in [0.2, 0.25) is 5.91 Å². The van der Waals surface area contributed by atoms with E-state index in [0.717, 1.165) is 35.7 Å². The van der Waals surface area contributed by atoms with Crippen LogP contribution in [-0.4, -0.2) is 51.2 Å². The van der Waals surface area contributed by atoms with E-state index in [9.17, 15) is 9.59 Å². The fourth-order valence-electron chi connectivity index (χ4n) is 3.14. The third-order valence-corrected chi connectivity index (χ3v) is 5.48. The van der Waals surface area contributed by atoms with Gasteiger partial charge in [-0.1, -0.05) is 20.8 Å². The number of nitrogens with one attached hydrogen (secondary N) is 1. The number of aryl methyl sites for hydroxylation is 1. The quantitative estimate of drug-likeness (QED) is 0.651. The fraction of sp³-hybridized carbons (Fsp3) is 0.500. The monoisotopic (exact) mass is 375 g/mol. The van der Waals surface area contributed by atoms with Crippen LogP contribution in [0.25, 0.3) is 15.7 Å². The number of amides is 1. The van der Waals surface area contributed by atoms with E-state index in [2.05, 4.69) is 29.2 Å². The Kier molecular flexibility index (Phi) is 5.73. The number of hydrogen-bond donors (Lipinski definition) is 1. The zero-order chi connectivity index (χ0) is 18.7. The number of likely N-dealkylation sites (N-methyl/N-ethyl adjacent to an activating group) is 1. The van der Waals surface area contributed by atoms with Crippen molar-refractivity contribution in [3.8, 4) is 0 Å². The third-order valence-electron chi connectivity index (χ3n) is 4.63. The molecule has 8 heteroatoms. The lowest BCUT2D eigenvalue weighted by atomic mass is 10.4. The lowest BCUT2D eigenvalue weighted by Crippen LogP contribution is -2.39. The number of hydrogen-bond acceptors (Lipinski definition) is 5. The van der Waals surface area contributed by atoms with Crippen LogP contribution in [0.4, 0.5) is 0 Å². The summed E-state index contributed by atoms with van der Waals surface area (Å²) in [7, 11) is 0. The standard InChI is InChI=1S/C18H25N5O2S/c1-4-16-20-22(12-17(24)19-8-9-21(5-2)6-3)18(25)14-11-15-13(23(14)16)7-10-26-15/h7,10-11H,4-6,8-9,12H2,1-3H3,(H,19,24). The van der Waals surface area contributed by atoms with E-state index in [4.69, 9.17) is 0 Å². The van der Waals surface area contributed by atoms with E-state index in [0.29, 0.717) is 18.5 Å². The van der Waals surface area contributed by atoms with Crippen molar-refractivity contribution in [2.75, 3.05) is 26.2 Å². The molecule has 0 saturated carbocycles. The maximum atomic E-state index is 12.8. The second-order valence-electron chi connectivity index (χ2n) is 6.14. The predicted octanol–water partition coefficient (Wildman–Crippen LogP) is 1.73. The van der Waals surface area contributed by atoms with E-state index in [-0.39, 0.29) is 18.0 Å². The van der Waals surface area contributed by atoms with E-state index in [1.165, 1.54) is 4.68 Å². The maximum Gasteiger partial charge on any atom is 0.291 e. The molecule has 0 aliphatic rings. The number of carbonyl (C=O) groups is 1. The van der Waals surface area contributed by atoms with Crippen molar-refractivity contribution in [2.45, 2.75) is 33.7 Å². The number of fused-ring (bicyclic) bond motifs is 3. The van der Waals surface area contributed by atoms with Gasteiger partial charge in [-0.2, -0.15) is 5.10 Å². The molecule has 140 valence electrons. The minimum Gasteiger partial charge on any atom is -0.353 e. The highest BCUT2D eigenvalue weighted by molar-refractivity contribution is 7.17. The van der Waals surface area contributed by atoms with Crippen molar-refractivity contribution in [1.82, 2.24) is 24.4 Å². The van der Waals surface area contributed by atoms with Gasteiger partial charge in [-0.15, -0.1) is 11.3 Å². The molecular formula is C18H25N5O2S. The molecule has 0 atom stereocenters. The van der Waals surface area contributed by atoms with Crippen LogP contribution in [0.5, 0.6) is 0 Å². The number of nitrogens with zero attached hydrogens (tertiary/aromatic N) is 4. The van der Waals surface area contributed by atoms with Gasteiger partial charge < -0.3 is 10.2 Å². The second-order valence-corrected chi connectivity index (χ2v) is 7.09. The molecule has 0 saturated heterocycles. The first-order valence-electron chi connectivity index (χ1n) is 9.06. The smallest absolute Gasteiger partial charge is 0.291 e. The molecule has 0 radical (unpaired) electrons. The Morgan fingerprint density at radius 2 is 2.04 bits per heavy atom. The number of carbonyl (C=O) groups excluding carboxylic acids is 1. The molecule has 0 aliphatic carbocycles. The summed E-state index contributed by atoms with van der Waals surface area (Å²) in [5.41, 5.74) is 1.35. The van der Waals surface area contributed by atoms with Crippen molar-refractivity contribution in [1.29, 1.82) is 0 Å². The minimum atomic E-state index is -0.232. The number of thiophene rings is 1. The molecule has 0 aliphatic heterocycles. The summed E-state index contributed by atoms with van der Waals surface area (Å²) in [4.78, 5) is 27.3. The molecule has 1 N–H and O–H groups in total. The van der Waals surface area contributed by atoms with Crippen LogP contribution in [0, 0.1) is 0 Å². The van der Waals surface area contributed by atoms with Crippen LogP contribution in [-0.2, 0) is 17.8 Å². The lowest BCUT2D eigenvalue weighted by molar-refractivity contribution is -0.121. The molecule has 0 spiro atoms. The Hall–Kier alpha value is -2.19. The largest absolute Gasteiger partial charge is 0.353 e. The first-order chi connectivity index (χ1) is 12.6. The van der Waals surface area contributed by atoms with Crippen molar-refractivity contribution in [2.24, 2.45) is 0 Å². The Bertz CT molecular complexity index is 967. The van der Waals surface area contributed by atoms with Gasteiger partial charge >= 0.3 is 0 Å². The first-order valence-corrected chi connectivity index (χ1v) is 9.94. The van der Waals surface area contributed by atoms with E-state index < -0.39 is 0 Å². The van der Waals surface area contributed by atoms with Gasteiger partial charge in [0.25, 0.3) is 5.56 Å². The molecule has 0 bridgehead atoms. The zero-order valence-electron chi connectivity index (χ0n) is 15.5. The summed E-state index contributed by atoms with van der Waals surface area (Å²) in [5, 5.41) is 9.32. The Labute approximate surface area is 156 Å². The topological polar surface area (TPSA) is 71.6 Å². The summed E-state index contributed by atoms with van der Waals surface area (Å²) in [6.07, 6.45) is 0.681. The molecular weight excluding hydrogens is 350 g/mol. The molecule has 3 aromatic rings. The van der Waals surface area contributed by atoms with E-state index in [1.807, 2.05) is 28.8 Å². The Balaban J connectivity index is 1.81. The molecule has 0 unspecified atom stereocenters. The van der Waals surface area contributed by atoms with Crippen molar-refractivity contribution in [3.63, 3.8) is 0 Å². The van der Waals surface area contributed by atoms with Crippen LogP contribution in [0.15, 0.2) is 22.3 Å². The molecule has 3 aromatic heterocycles. The molecule has 1 amide bonds. The van der Waals surface area contributed by atoms with Crippen LogP contribution in [0.3, 0.4) is 0 Å². The van der Waals surface area contributed by atoms with E-state index >= 15 is 0 Å². The zero-order valence-corrected chi connectivity index (χ0v) is 16.3. The Morgan fingerprint density at radius 3 is 2.73 bits per heavy atom. The number of rotatable bonds is 8. The van der Waals surface area contributed by atoms with Gasteiger partial charge in [0, 0.05) is 19.5 Å². The molecule has 26 heavy (non-hydrogen) atoms. The SMILES string of the molecule is CCc1nn(CC(=O)NCCN(CC)CC)c(=O)c2cc3sccc3n12. The van der Waals surface area contributed by atoms with Gasteiger partial charge in [0.15, 0.2) is 0 Å². The third kappa shape index (κ3) is 3.52. The summed E-state index contributed by atoms with van der Waals surface area (Å²) < 4.78 is 4.24. The summed E-state index contributed by atoms with van der Waals surface area (Å²) in [6, 6.07) is 3.88. The maximum absolute atomic E-state index is 12.8. The fourth-order valence-corrected chi connectivity index (χ4v) is 3.95. The normalized spacial score (nSPS) is 11.7. The average Bonchev–Trinajstić information content (AvgIpc) is 3.23. The first kappa shape index (κ1) is 18.6.